The first-order valence-corrected chi connectivity index (χ1v) is 18.2. The lowest BCUT2D eigenvalue weighted by Crippen LogP contribution is -2.55. The average Bonchev–Trinajstić information content (AvgIpc) is 4.00. The van der Waals surface area contributed by atoms with Gasteiger partial charge in [0.15, 0.2) is 0 Å². The Kier molecular flexibility index (Phi) is 13.4. The summed E-state index contributed by atoms with van der Waals surface area (Å²) in [6.45, 7) is 5.94. The largest absolute Gasteiger partial charge is 0.453 e. The molecule has 0 spiro atoms. The number of ether oxygens (including phenoxy) is 4. The van der Waals surface area contributed by atoms with Gasteiger partial charge in [0.05, 0.1) is 38.5 Å². The molecule has 3 aliphatic rings. The fourth-order valence-electron chi connectivity index (χ4n) is 7.02. The third kappa shape index (κ3) is 9.26. The zero-order chi connectivity index (χ0) is 38.9. The molecule has 0 unspecified atom stereocenters. The molecule has 3 N–H and O–H groups in total. The van der Waals surface area contributed by atoms with Crippen molar-refractivity contribution in [3.63, 3.8) is 0 Å². The van der Waals surface area contributed by atoms with Gasteiger partial charge >= 0.3 is 12.2 Å². The summed E-state index contributed by atoms with van der Waals surface area (Å²) in [7, 11) is 5.50. The number of carbonyl (C=O) groups excluding carboxylic acids is 4. The van der Waals surface area contributed by atoms with E-state index in [0.717, 1.165) is 52.8 Å². The van der Waals surface area contributed by atoms with Crippen LogP contribution in [0, 0.1) is 0 Å². The topological polar surface area (TPSA) is 157 Å². The minimum atomic E-state index is -0.923. The van der Waals surface area contributed by atoms with Crippen LogP contribution in [0.25, 0.3) is 22.3 Å². The molecule has 2 heterocycles. The van der Waals surface area contributed by atoms with E-state index in [0.29, 0.717) is 13.0 Å². The zero-order valence-corrected chi connectivity index (χ0v) is 32.0. The van der Waals surface area contributed by atoms with Crippen molar-refractivity contribution in [2.24, 2.45) is 4.99 Å². The van der Waals surface area contributed by atoms with Crippen molar-refractivity contribution >= 4 is 40.9 Å². The maximum atomic E-state index is 13.6. The molecule has 5 rings (SSSR count). The predicted molar refractivity (Wildman–Crippen MR) is 207 cm³/mol. The van der Waals surface area contributed by atoms with Crippen molar-refractivity contribution in [3.05, 3.63) is 83.6 Å². The number of carbonyl (C=O) groups is 4. The molecule has 0 bridgehead atoms. The first-order chi connectivity index (χ1) is 26.0. The van der Waals surface area contributed by atoms with Crippen LogP contribution in [0.3, 0.4) is 0 Å². The number of hydrogen-bond donors (Lipinski definition) is 3. The highest BCUT2D eigenvalue weighted by molar-refractivity contribution is 6.03. The fourth-order valence-corrected chi connectivity index (χ4v) is 7.02. The van der Waals surface area contributed by atoms with Crippen LogP contribution in [0.1, 0.15) is 57.6 Å². The first-order valence-electron chi connectivity index (χ1n) is 18.2. The number of hydrogen-bond acceptors (Lipinski definition) is 9. The van der Waals surface area contributed by atoms with Crippen molar-refractivity contribution in [1.82, 2.24) is 20.9 Å². The number of nitrogens with one attached hydrogen (secondary N) is 3. The van der Waals surface area contributed by atoms with E-state index in [1.807, 2.05) is 18.0 Å². The second-order valence-electron chi connectivity index (χ2n) is 13.7. The summed E-state index contributed by atoms with van der Waals surface area (Å²) in [5.74, 6) is -0.560. The van der Waals surface area contributed by atoms with E-state index < -0.39 is 36.5 Å². The summed E-state index contributed by atoms with van der Waals surface area (Å²) in [5, 5.41) is 8.12. The van der Waals surface area contributed by atoms with E-state index in [9.17, 15) is 19.2 Å². The Morgan fingerprint density at radius 3 is 1.81 bits per heavy atom. The second-order valence-corrected chi connectivity index (χ2v) is 13.7. The summed E-state index contributed by atoms with van der Waals surface area (Å²) in [4.78, 5) is 56.9. The van der Waals surface area contributed by atoms with Gasteiger partial charge in [-0.1, -0.05) is 60.7 Å². The predicted octanol–water partition coefficient (Wildman–Crippen LogP) is 5.27. The molecule has 13 heteroatoms. The monoisotopic (exact) mass is 741 g/mol. The number of alkyl carbamates (subject to hydrolysis) is 2. The lowest BCUT2D eigenvalue weighted by atomic mass is 9.95. The lowest BCUT2D eigenvalue weighted by Gasteiger charge is -2.32. The summed E-state index contributed by atoms with van der Waals surface area (Å²) in [6.07, 6.45) is 6.72. The average molecular weight is 742 g/mol. The molecular formula is C41H51N5O8. The van der Waals surface area contributed by atoms with Crippen LogP contribution in [-0.4, -0.2) is 106 Å². The van der Waals surface area contributed by atoms with E-state index >= 15 is 0 Å². The molecule has 1 aliphatic carbocycles. The summed E-state index contributed by atoms with van der Waals surface area (Å²) in [6, 6.07) is 14.7. The van der Waals surface area contributed by atoms with Crippen LogP contribution >= 0.6 is 0 Å². The Balaban J connectivity index is 1.15. The van der Waals surface area contributed by atoms with Crippen molar-refractivity contribution in [3.8, 4) is 11.1 Å². The minimum Gasteiger partial charge on any atom is -0.453 e. The van der Waals surface area contributed by atoms with Crippen LogP contribution in [0.5, 0.6) is 0 Å². The second kappa shape index (κ2) is 18.2. The summed E-state index contributed by atoms with van der Waals surface area (Å²) < 4.78 is 20.1. The maximum absolute atomic E-state index is 13.6. The van der Waals surface area contributed by atoms with Crippen molar-refractivity contribution in [1.29, 1.82) is 0 Å². The molecule has 1 fully saturated rings. The van der Waals surface area contributed by atoms with Crippen LogP contribution in [0.15, 0.2) is 77.4 Å². The molecule has 6 atom stereocenters. The number of methoxy groups -OCH3 is 4. The van der Waals surface area contributed by atoms with E-state index in [4.69, 9.17) is 14.2 Å². The van der Waals surface area contributed by atoms with Crippen LogP contribution in [-0.2, 0) is 28.5 Å². The van der Waals surface area contributed by atoms with Gasteiger partial charge in [0.2, 0.25) is 11.8 Å². The molecule has 0 aromatic heterocycles. The highest BCUT2D eigenvalue weighted by atomic mass is 16.5. The van der Waals surface area contributed by atoms with Crippen molar-refractivity contribution in [2.75, 3.05) is 35.0 Å². The Morgan fingerprint density at radius 1 is 0.704 bits per heavy atom. The third-order valence-electron chi connectivity index (χ3n) is 10.5. The molecule has 1 saturated heterocycles. The summed E-state index contributed by atoms with van der Waals surface area (Å²) >= 11 is 0. The number of allylic oxidation sites excluding steroid dienone is 4. The standard InChI is InChI=1S/C41H51N5O8/c1-24(43-38(47)36(25(2)51-4)44-40(49)53-6)34-22-33(23-42-34)30-16-12-28(13-17-30)27-10-14-29(15-11-27)31-18-19-32(21-31)35-9-8-20-46(35)39(48)37(26(3)52-5)45-41(50)54-7/h10-19,23-26,35-37H,8-9,20-22H2,1-7H3,(H,43,47)(H,44,49)(H,45,50)/t24-,25+,26+,35-,36-,37-/m0/s1. The van der Waals surface area contributed by atoms with Gasteiger partial charge in [-0.2, -0.15) is 0 Å². The number of rotatable bonds is 14. The molecule has 2 aromatic rings. The Labute approximate surface area is 316 Å². The Hall–Kier alpha value is -5.27. The van der Waals surface area contributed by atoms with Crippen LogP contribution in [0.2, 0.25) is 0 Å². The normalized spacial score (nSPS) is 19.3. The molecule has 2 aliphatic heterocycles. The molecule has 4 amide bonds. The highest BCUT2D eigenvalue weighted by Gasteiger charge is 2.39. The first kappa shape index (κ1) is 39.9. The van der Waals surface area contributed by atoms with Gasteiger partial charge in [0, 0.05) is 39.1 Å². The SMILES string of the molecule is COC(=O)N[C@H](C(=O)N[C@@H](C)C1=NC=C(c2ccc(-c3ccc(C4=CC=C([C@@H]5CCCN5C(=O)[C@@H](NC(=O)OC)[C@@H](C)OC)C4)cc3)cc2)C1)[C@@H](C)OC. The van der Waals surface area contributed by atoms with Gasteiger partial charge in [-0.3, -0.25) is 14.6 Å². The van der Waals surface area contributed by atoms with E-state index in [2.05, 4.69) is 86.4 Å². The quantitative estimate of drug-likeness (QED) is 0.237. The van der Waals surface area contributed by atoms with E-state index in [1.54, 1.807) is 13.8 Å². The summed E-state index contributed by atoms with van der Waals surface area (Å²) in [5.41, 5.74) is 8.58. The van der Waals surface area contributed by atoms with Gasteiger partial charge in [-0.05, 0) is 79.0 Å². The number of aliphatic imine (C=N–C) groups is 1. The Bertz CT molecular complexity index is 1820. The van der Waals surface area contributed by atoms with Crippen LogP contribution in [0.4, 0.5) is 9.59 Å². The van der Waals surface area contributed by atoms with Crippen molar-refractivity contribution in [2.45, 2.75) is 82.8 Å². The molecule has 288 valence electrons. The minimum absolute atomic E-state index is 0.0409. The van der Waals surface area contributed by atoms with E-state index in [1.165, 1.54) is 39.6 Å². The smallest absolute Gasteiger partial charge is 0.407 e. The third-order valence-corrected chi connectivity index (χ3v) is 10.5. The Morgan fingerprint density at radius 2 is 1.24 bits per heavy atom. The molecule has 0 radical (unpaired) electrons. The van der Waals surface area contributed by atoms with Gasteiger partial charge in [-0.25, -0.2) is 9.59 Å². The fraction of sp³-hybridized carbons (Fsp3) is 0.439. The zero-order valence-electron chi connectivity index (χ0n) is 32.0. The van der Waals surface area contributed by atoms with Crippen molar-refractivity contribution < 1.29 is 38.1 Å². The van der Waals surface area contributed by atoms with E-state index in [-0.39, 0.29) is 23.9 Å². The van der Waals surface area contributed by atoms with Gasteiger partial charge in [0.1, 0.15) is 12.1 Å². The number of nitrogens with zero attached hydrogens (tertiary/aromatic N) is 2. The van der Waals surface area contributed by atoms with Gasteiger partial charge in [0.25, 0.3) is 0 Å². The number of benzene rings is 2. The lowest BCUT2D eigenvalue weighted by molar-refractivity contribution is -0.136. The molecule has 13 nitrogen and oxygen atoms in total. The molecule has 2 aromatic carbocycles. The maximum Gasteiger partial charge on any atom is 0.407 e. The van der Waals surface area contributed by atoms with Gasteiger partial charge < -0.3 is 39.8 Å². The molecule has 0 saturated carbocycles. The highest BCUT2D eigenvalue weighted by Crippen LogP contribution is 2.36. The van der Waals surface area contributed by atoms with Gasteiger partial charge in [-0.15, -0.1) is 0 Å². The molecular weight excluding hydrogens is 690 g/mol. The number of amides is 4. The number of likely N-dealkylation sites (tertiary alicyclic amines) is 1. The molecule has 54 heavy (non-hydrogen) atoms. The van der Waals surface area contributed by atoms with Crippen LogP contribution < -0.4 is 16.0 Å².